The van der Waals surface area contributed by atoms with Crippen LogP contribution in [-0.4, -0.2) is 34.8 Å². The van der Waals surface area contributed by atoms with Gasteiger partial charge in [0.05, 0.1) is 0 Å². The number of hydrogen-bond acceptors (Lipinski definition) is 2. The minimum atomic E-state index is -4.40. The molecule has 0 unspecified atom stereocenters. The predicted octanol–water partition coefficient (Wildman–Crippen LogP) is 6.65. The first-order chi connectivity index (χ1) is 10.1. The van der Waals surface area contributed by atoms with Gasteiger partial charge in [0.25, 0.3) is 0 Å². The summed E-state index contributed by atoms with van der Waals surface area (Å²) in [5.41, 5.74) is 0. The van der Waals surface area contributed by atoms with E-state index in [1.807, 2.05) is 41.5 Å². The molecule has 0 fully saturated rings. The Morgan fingerprint density at radius 2 is 0.875 bits per heavy atom. The molecule has 0 aromatic heterocycles. The molecule has 8 heteroatoms. The average Bonchev–Trinajstić information content (AvgIpc) is 2.22. The van der Waals surface area contributed by atoms with Gasteiger partial charge in [-0.1, -0.05) is 41.5 Å². The fourth-order valence-electron chi connectivity index (χ4n) is 1.27. The zero-order valence-electron chi connectivity index (χ0n) is 16.9. The molecule has 0 spiro atoms. The van der Waals surface area contributed by atoms with Gasteiger partial charge in [-0.2, -0.15) is 8.78 Å². The molecule has 0 saturated carbocycles. The smallest absolute Gasteiger partial charge is 0.357 e. The van der Waals surface area contributed by atoms with E-state index in [1.165, 1.54) is 0 Å². The minimum absolute atomic E-state index is 0.212. The number of halogens is 4. The highest BCUT2D eigenvalue weighted by Gasteiger charge is 2.62. The van der Waals surface area contributed by atoms with E-state index in [9.17, 15) is 17.6 Å². The summed E-state index contributed by atoms with van der Waals surface area (Å²) in [4.78, 5) is 0. The van der Waals surface area contributed by atoms with Crippen LogP contribution in [0.1, 0.15) is 48.5 Å². The van der Waals surface area contributed by atoms with E-state index >= 15 is 0 Å². The summed E-state index contributed by atoms with van der Waals surface area (Å²) in [7, 11) is -5.46. The van der Waals surface area contributed by atoms with Gasteiger partial charge in [0.1, 0.15) is 0 Å². The summed E-state index contributed by atoms with van der Waals surface area (Å²) in [6, 6.07) is 0. The molecule has 0 aromatic rings. The van der Waals surface area contributed by atoms with Crippen molar-refractivity contribution in [2.75, 3.05) is 0 Å². The highest BCUT2D eigenvalue weighted by molar-refractivity contribution is 6.75. The second-order valence-corrected chi connectivity index (χ2v) is 19.1. The molecule has 0 bridgehead atoms. The largest absolute Gasteiger partial charge is 0.388 e. The van der Waals surface area contributed by atoms with E-state index in [4.69, 9.17) is 8.85 Å². The lowest BCUT2D eigenvalue weighted by atomic mass is 10.2. The maximum absolute atomic E-state index is 14.5. The van der Waals surface area contributed by atoms with Gasteiger partial charge in [-0.3, -0.25) is 0 Å². The van der Waals surface area contributed by atoms with Crippen LogP contribution in [0.25, 0.3) is 0 Å². The van der Waals surface area contributed by atoms with Crippen molar-refractivity contribution in [3.05, 3.63) is 0 Å². The van der Waals surface area contributed by atoms with Crippen LogP contribution in [0, 0.1) is 0 Å². The van der Waals surface area contributed by atoms with E-state index < -0.39 is 44.8 Å². The fourth-order valence-corrected chi connectivity index (χ4v) is 3.53. The van der Waals surface area contributed by atoms with Gasteiger partial charge >= 0.3 is 11.8 Å². The summed E-state index contributed by atoms with van der Waals surface area (Å²) < 4.78 is 67.5. The maximum Gasteiger partial charge on any atom is 0.357 e. The highest BCUT2D eigenvalue weighted by Crippen LogP contribution is 2.46. The summed E-state index contributed by atoms with van der Waals surface area (Å²) in [5, 5.41) is -0.803. The van der Waals surface area contributed by atoms with Crippen LogP contribution in [-0.2, 0) is 8.85 Å². The summed E-state index contributed by atoms with van der Waals surface area (Å²) in [6.07, 6.45) is -2.25. The third-order valence-corrected chi connectivity index (χ3v) is 14.1. The Labute approximate surface area is 146 Å². The van der Waals surface area contributed by atoms with Crippen molar-refractivity contribution in [2.24, 2.45) is 0 Å². The maximum atomic E-state index is 14.5. The van der Waals surface area contributed by atoms with E-state index in [1.54, 1.807) is 26.2 Å². The third kappa shape index (κ3) is 5.28. The normalized spacial score (nSPS) is 16.0. The Morgan fingerprint density at radius 1 is 0.625 bits per heavy atom. The Balaban J connectivity index is 5.91. The molecular formula is C16H34F4O2Si2. The van der Waals surface area contributed by atoms with Crippen LogP contribution in [0.2, 0.25) is 36.3 Å². The second-order valence-electron chi connectivity index (χ2n) is 9.60. The van der Waals surface area contributed by atoms with Crippen molar-refractivity contribution < 1.29 is 26.4 Å². The van der Waals surface area contributed by atoms with Crippen LogP contribution in [0.3, 0.4) is 0 Å². The molecule has 0 heterocycles. The van der Waals surface area contributed by atoms with E-state index in [0.29, 0.717) is 0 Å². The van der Waals surface area contributed by atoms with Crippen molar-refractivity contribution in [1.29, 1.82) is 0 Å². The van der Waals surface area contributed by atoms with Crippen molar-refractivity contribution >= 4 is 16.6 Å². The third-order valence-electron chi connectivity index (χ3n) is 5.30. The van der Waals surface area contributed by atoms with Crippen LogP contribution in [0.4, 0.5) is 17.6 Å². The second kappa shape index (κ2) is 6.66. The van der Waals surface area contributed by atoms with Gasteiger partial charge in [0, 0.05) is 6.92 Å². The quantitative estimate of drug-likeness (QED) is 0.287. The molecule has 0 aliphatic rings. The lowest BCUT2D eigenvalue weighted by molar-refractivity contribution is -0.286. The molecule has 0 N–H and O–H groups in total. The van der Waals surface area contributed by atoms with Crippen LogP contribution in [0.15, 0.2) is 0 Å². The van der Waals surface area contributed by atoms with Crippen LogP contribution < -0.4 is 0 Å². The summed E-state index contributed by atoms with van der Waals surface area (Å²) in [6.45, 7) is 18.4. The zero-order valence-corrected chi connectivity index (χ0v) is 18.9. The Morgan fingerprint density at radius 3 is 1.04 bits per heavy atom. The standard InChI is InChI=1S/C16H34F4O2Si2/c1-13(2,3)23(8,9)21-12(16(19,20)15(7,17)18)22-24(10,11)14(4,5)6/h12H,1-11H3. The lowest BCUT2D eigenvalue weighted by Crippen LogP contribution is -2.59. The van der Waals surface area contributed by atoms with Crippen LogP contribution >= 0.6 is 0 Å². The first-order valence-corrected chi connectivity index (χ1v) is 14.0. The molecule has 0 aliphatic heterocycles. The first-order valence-electron chi connectivity index (χ1n) is 8.17. The van der Waals surface area contributed by atoms with Gasteiger partial charge in [-0.05, 0) is 36.3 Å². The molecule has 146 valence electrons. The average molecular weight is 391 g/mol. The molecule has 0 aliphatic carbocycles. The summed E-state index contributed by atoms with van der Waals surface area (Å²) >= 11 is 0. The lowest BCUT2D eigenvalue weighted by Gasteiger charge is -2.46. The number of alkyl halides is 4. The molecule has 0 aromatic carbocycles. The molecule has 0 radical (unpaired) electrons. The first kappa shape index (κ1) is 24.1. The van der Waals surface area contributed by atoms with Gasteiger partial charge in [0.2, 0.25) is 6.29 Å². The van der Waals surface area contributed by atoms with Crippen molar-refractivity contribution in [1.82, 2.24) is 0 Å². The molecule has 0 saturated heterocycles. The summed E-state index contributed by atoms with van der Waals surface area (Å²) in [5.74, 6) is -8.64. The van der Waals surface area contributed by atoms with E-state index in [-0.39, 0.29) is 6.92 Å². The molecule has 0 rings (SSSR count). The monoisotopic (exact) mass is 390 g/mol. The van der Waals surface area contributed by atoms with Gasteiger partial charge in [0.15, 0.2) is 16.6 Å². The van der Waals surface area contributed by atoms with E-state index in [0.717, 1.165) is 0 Å². The van der Waals surface area contributed by atoms with E-state index in [2.05, 4.69) is 0 Å². The zero-order chi connectivity index (χ0) is 20.0. The number of rotatable bonds is 6. The molecule has 0 amide bonds. The van der Waals surface area contributed by atoms with Gasteiger partial charge in [-0.15, -0.1) is 0 Å². The van der Waals surface area contributed by atoms with Gasteiger partial charge in [-0.25, -0.2) is 8.78 Å². The fraction of sp³-hybridized carbons (Fsp3) is 1.00. The topological polar surface area (TPSA) is 18.5 Å². The Bertz CT molecular complexity index is 405. The highest BCUT2D eigenvalue weighted by atomic mass is 28.4. The predicted molar refractivity (Wildman–Crippen MR) is 95.9 cm³/mol. The minimum Gasteiger partial charge on any atom is -0.388 e. The molecule has 0 atom stereocenters. The Kier molecular flexibility index (Phi) is 6.68. The molecular weight excluding hydrogens is 356 g/mol. The molecule has 2 nitrogen and oxygen atoms in total. The van der Waals surface area contributed by atoms with Crippen LogP contribution in [0.5, 0.6) is 0 Å². The van der Waals surface area contributed by atoms with Crippen molar-refractivity contribution in [2.45, 2.75) is 103 Å². The molecule has 24 heavy (non-hydrogen) atoms. The Hall–Kier alpha value is 0.0738. The van der Waals surface area contributed by atoms with Gasteiger partial charge < -0.3 is 8.85 Å². The van der Waals surface area contributed by atoms with Crippen molar-refractivity contribution in [3.8, 4) is 0 Å². The van der Waals surface area contributed by atoms with Crippen molar-refractivity contribution in [3.63, 3.8) is 0 Å². The SMILES string of the molecule is CC(F)(F)C(F)(F)C(O[Si](C)(C)C(C)(C)C)O[Si](C)(C)C(C)(C)C. The number of hydrogen-bond donors (Lipinski definition) is 0.